The molecule has 3 aliphatic rings. The molecule has 2 aromatic rings. The van der Waals surface area contributed by atoms with Crippen molar-refractivity contribution in [3.05, 3.63) is 64.7 Å². The number of benzene rings is 2. The predicted molar refractivity (Wildman–Crippen MR) is 139 cm³/mol. The SMILES string of the molecule is CN(Cc1ccc2c(c1)CC[C@H](NC(=O)c1ccc(OC[C@@H]3CCCO3)cc1)C2)C1CCCCC1. The van der Waals surface area contributed by atoms with Gasteiger partial charge in [-0.25, -0.2) is 0 Å². The van der Waals surface area contributed by atoms with E-state index in [0.717, 1.165) is 57.0 Å². The van der Waals surface area contributed by atoms with Gasteiger partial charge in [0.15, 0.2) is 0 Å². The Balaban J connectivity index is 1.11. The van der Waals surface area contributed by atoms with E-state index in [1.807, 2.05) is 24.3 Å². The molecule has 1 N–H and O–H groups in total. The summed E-state index contributed by atoms with van der Waals surface area (Å²) in [5, 5.41) is 3.25. The molecule has 188 valence electrons. The first-order valence-corrected chi connectivity index (χ1v) is 13.6. The zero-order valence-electron chi connectivity index (χ0n) is 21.1. The fourth-order valence-electron chi connectivity index (χ4n) is 5.91. The number of rotatable bonds is 8. The molecule has 2 fully saturated rings. The first-order valence-electron chi connectivity index (χ1n) is 13.6. The molecule has 1 saturated heterocycles. The van der Waals surface area contributed by atoms with Crippen LogP contribution in [-0.4, -0.2) is 49.3 Å². The van der Waals surface area contributed by atoms with Crippen LogP contribution in [-0.2, 0) is 24.1 Å². The number of aryl methyl sites for hydroxylation is 1. The molecular formula is C30H40N2O3. The number of fused-ring (bicyclic) bond motifs is 1. The summed E-state index contributed by atoms with van der Waals surface area (Å²) in [6.45, 7) is 2.44. The normalized spacial score (nSPS) is 22.7. The summed E-state index contributed by atoms with van der Waals surface area (Å²) in [6.07, 6.45) is 12.1. The Morgan fingerprint density at radius 3 is 2.60 bits per heavy atom. The lowest BCUT2D eigenvalue weighted by molar-refractivity contribution is 0.0679. The molecule has 5 rings (SSSR count). The highest BCUT2D eigenvalue weighted by Gasteiger charge is 2.23. The second kappa shape index (κ2) is 11.6. The van der Waals surface area contributed by atoms with Crippen LogP contribution in [0.4, 0.5) is 0 Å². The topological polar surface area (TPSA) is 50.8 Å². The smallest absolute Gasteiger partial charge is 0.251 e. The van der Waals surface area contributed by atoms with Crippen LogP contribution in [0, 0.1) is 0 Å². The average molecular weight is 477 g/mol. The molecule has 0 spiro atoms. The molecule has 1 aliphatic heterocycles. The van der Waals surface area contributed by atoms with Crippen molar-refractivity contribution in [3.63, 3.8) is 0 Å². The Labute approximate surface area is 210 Å². The van der Waals surface area contributed by atoms with Gasteiger partial charge in [-0.15, -0.1) is 0 Å². The van der Waals surface area contributed by atoms with Gasteiger partial charge in [0.05, 0.1) is 6.10 Å². The van der Waals surface area contributed by atoms with E-state index in [-0.39, 0.29) is 18.1 Å². The number of ether oxygens (including phenoxy) is 2. The molecule has 1 saturated carbocycles. The molecule has 0 aromatic heterocycles. The zero-order chi connectivity index (χ0) is 24.0. The Morgan fingerprint density at radius 2 is 1.83 bits per heavy atom. The molecule has 1 amide bonds. The maximum Gasteiger partial charge on any atom is 0.251 e. The summed E-state index contributed by atoms with van der Waals surface area (Å²) in [4.78, 5) is 15.4. The van der Waals surface area contributed by atoms with Crippen molar-refractivity contribution in [2.75, 3.05) is 20.3 Å². The van der Waals surface area contributed by atoms with E-state index in [4.69, 9.17) is 9.47 Å². The standard InChI is InChI=1S/C30H40N2O3/c1-32(27-6-3-2-4-7-27)20-22-9-10-25-19-26(14-11-24(25)18-22)31-30(33)23-12-15-28(16-13-23)35-21-29-8-5-17-34-29/h9-10,12-13,15-16,18,26-27,29H,2-8,11,14,17,19-21H2,1H3,(H,31,33)/t26-,29-/m0/s1. The van der Waals surface area contributed by atoms with Gasteiger partial charge in [-0.3, -0.25) is 9.69 Å². The number of hydrogen-bond acceptors (Lipinski definition) is 4. The predicted octanol–water partition coefficient (Wildman–Crippen LogP) is 5.30. The fourth-order valence-corrected chi connectivity index (χ4v) is 5.91. The Bertz CT molecular complexity index is 978. The van der Waals surface area contributed by atoms with Crippen LogP contribution in [0.1, 0.15) is 78.4 Å². The summed E-state index contributed by atoms with van der Waals surface area (Å²) < 4.78 is 11.4. The van der Waals surface area contributed by atoms with Crippen molar-refractivity contribution in [1.82, 2.24) is 10.2 Å². The molecule has 0 unspecified atom stereocenters. The van der Waals surface area contributed by atoms with Crippen molar-refractivity contribution >= 4 is 5.91 Å². The second-order valence-corrected chi connectivity index (χ2v) is 10.7. The number of carbonyl (C=O) groups excluding carboxylic acids is 1. The van der Waals surface area contributed by atoms with Crippen molar-refractivity contribution in [1.29, 1.82) is 0 Å². The van der Waals surface area contributed by atoms with Crippen LogP contribution in [0.25, 0.3) is 0 Å². The molecule has 1 heterocycles. The highest BCUT2D eigenvalue weighted by molar-refractivity contribution is 5.94. The van der Waals surface area contributed by atoms with E-state index in [1.54, 1.807) is 0 Å². The average Bonchev–Trinajstić information content (AvgIpc) is 3.42. The van der Waals surface area contributed by atoms with E-state index in [2.05, 4.69) is 35.5 Å². The van der Waals surface area contributed by atoms with Crippen LogP contribution in [0.5, 0.6) is 5.75 Å². The minimum atomic E-state index is -0.00477. The summed E-state index contributed by atoms with van der Waals surface area (Å²) in [5.74, 6) is 0.781. The van der Waals surface area contributed by atoms with Gasteiger partial charge in [-0.05, 0) is 92.9 Å². The van der Waals surface area contributed by atoms with Crippen molar-refractivity contribution in [2.45, 2.75) is 88.9 Å². The number of nitrogens with zero attached hydrogens (tertiary/aromatic N) is 1. The third-order valence-corrected chi connectivity index (χ3v) is 8.04. The van der Waals surface area contributed by atoms with Gasteiger partial charge in [0.1, 0.15) is 12.4 Å². The molecule has 0 radical (unpaired) electrons. The molecule has 0 bridgehead atoms. The Morgan fingerprint density at radius 1 is 1.00 bits per heavy atom. The van der Waals surface area contributed by atoms with E-state index in [1.165, 1.54) is 48.8 Å². The van der Waals surface area contributed by atoms with Crippen LogP contribution >= 0.6 is 0 Å². The maximum absolute atomic E-state index is 12.9. The molecule has 5 heteroatoms. The van der Waals surface area contributed by atoms with Crippen LogP contribution in [0.2, 0.25) is 0 Å². The van der Waals surface area contributed by atoms with Crippen molar-refractivity contribution in [3.8, 4) is 5.75 Å². The van der Waals surface area contributed by atoms with Crippen molar-refractivity contribution in [2.24, 2.45) is 0 Å². The highest BCUT2D eigenvalue weighted by atomic mass is 16.5. The maximum atomic E-state index is 12.9. The summed E-state index contributed by atoms with van der Waals surface area (Å²) in [5.41, 5.74) is 4.93. The highest BCUT2D eigenvalue weighted by Crippen LogP contribution is 2.26. The molecular weight excluding hydrogens is 436 g/mol. The molecule has 2 aliphatic carbocycles. The van der Waals surface area contributed by atoms with Crippen LogP contribution < -0.4 is 10.1 Å². The Kier molecular flexibility index (Phi) is 8.05. The van der Waals surface area contributed by atoms with E-state index in [9.17, 15) is 4.79 Å². The summed E-state index contributed by atoms with van der Waals surface area (Å²) in [7, 11) is 2.28. The van der Waals surface area contributed by atoms with Gasteiger partial charge in [-0.1, -0.05) is 37.5 Å². The summed E-state index contributed by atoms with van der Waals surface area (Å²) in [6, 6.07) is 15.4. The quantitative estimate of drug-likeness (QED) is 0.562. The van der Waals surface area contributed by atoms with E-state index < -0.39 is 0 Å². The number of carbonyl (C=O) groups is 1. The van der Waals surface area contributed by atoms with Crippen molar-refractivity contribution < 1.29 is 14.3 Å². The minimum absolute atomic E-state index is 0.00477. The lowest BCUT2D eigenvalue weighted by atomic mass is 9.87. The first kappa shape index (κ1) is 24.3. The third-order valence-electron chi connectivity index (χ3n) is 8.04. The molecule has 2 aromatic carbocycles. The zero-order valence-corrected chi connectivity index (χ0v) is 21.1. The van der Waals surface area contributed by atoms with Gasteiger partial charge in [0.2, 0.25) is 0 Å². The van der Waals surface area contributed by atoms with E-state index in [0.29, 0.717) is 12.2 Å². The Hall–Kier alpha value is -2.37. The fraction of sp³-hybridized carbons (Fsp3) is 0.567. The van der Waals surface area contributed by atoms with Gasteiger partial charge in [0, 0.05) is 30.8 Å². The number of amides is 1. The lowest BCUT2D eigenvalue weighted by Gasteiger charge is -2.32. The monoisotopic (exact) mass is 476 g/mol. The van der Waals surface area contributed by atoms with Gasteiger partial charge < -0.3 is 14.8 Å². The first-order chi connectivity index (χ1) is 17.1. The largest absolute Gasteiger partial charge is 0.491 e. The third kappa shape index (κ3) is 6.45. The van der Waals surface area contributed by atoms with Crippen LogP contribution in [0.3, 0.4) is 0 Å². The number of nitrogens with one attached hydrogen (secondary N) is 1. The van der Waals surface area contributed by atoms with Gasteiger partial charge in [-0.2, -0.15) is 0 Å². The summed E-state index contributed by atoms with van der Waals surface area (Å²) >= 11 is 0. The second-order valence-electron chi connectivity index (χ2n) is 10.7. The molecule has 2 atom stereocenters. The minimum Gasteiger partial charge on any atom is -0.491 e. The van der Waals surface area contributed by atoms with Gasteiger partial charge >= 0.3 is 0 Å². The van der Waals surface area contributed by atoms with Gasteiger partial charge in [0.25, 0.3) is 5.91 Å². The lowest BCUT2D eigenvalue weighted by Crippen LogP contribution is -2.39. The molecule has 35 heavy (non-hydrogen) atoms. The number of hydrogen-bond donors (Lipinski definition) is 1. The molecule has 5 nitrogen and oxygen atoms in total. The van der Waals surface area contributed by atoms with Crippen LogP contribution in [0.15, 0.2) is 42.5 Å². The van der Waals surface area contributed by atoms with E-state index >= 15 is 0 Å².